The van der Waals surface area contributed by atoms with E-state index in [0.717, 1.165) is 28.6 Å². The van der Waals surface area contributed by atoms with Crippen LogP contribution in [0.5, 0.6) is 0 Å². The molecule has 0 spiro atoms. The minimum Gasteiger partial charge on any atom is -0.325 e. The van der Waals surface area contributed by atoms with Crippen molar-refractivity contribution in [3.8, 4) is 6.07 Å². The molecule has 2 heterocycles. The molecule has 29 heavy (non-hydrogen) atoms. The number of fused-ring (bicyclic) bond motifs is 3. The molecule has 1 N–H and O–H groups in total. The number of thioether (sulfide) groups is 1. The van der Waals surface area contributed by atoms with Gasteiger partial charge in [0.2, 0.25) is 11.1 Å². The molecule has 0 aliphatic rings. The molecule has 1 atom stereocenters. The van der Waals surface area contributed by atoms with E-state index < -0.39 is 5.25 Å². The van der Waals surface area contributed by atoms with E-state index in [1.807, 2.05) is 24.3 Å². The predicted octanol–water partition coefficient (Wildman–Crippen LogP) is 3.99. The lowest BCUT2D eigenvalue weighted by Crippen LogP contribution is -2.22. The number of carbonyl (C=O) groups excluding carboxylic acids is 1. The zero-order valence-corrected chi connectivity index (χ0v) is 16.8. The molecular formula is C21H18N6OS. The molecule has 2 aromatic carbocycles. The molecule has 0 aliphatic carbocycles. The number of nitriles is 1. The van der Waals surface area contributed by atoms with Gasteiger partial charge in [-0.25, -0.2) is 4.98 Å². The van der Waals surface area contributed by atoms with E-state index in [0.29, 0.717) is 16.4 Å². The second-order valence-corrected chi connectivity index (χ2v) is 7.77. The van der Waals surface area contributed by atoms with E-state index in [2.05, 4.69) is 38.1 Å². The summed E-state index contributed by atoms with van der Waals surface area (Å²) in [6.45, 7) is 4.63. The van der Waals surface area contributed by atoms with E-state index in [1.165, 1.54) is 11.8 Å². The van der Waals surface area contributed by atoms with Crippen molar-refractivity contribution >= 4 is 45.4 Å². The summed E-state index contributed by atoms with van der Waals surface area (Å²) in [4.78, 5) is 17.2. The highest BCUT2D eigenvalue weighted by molar-refractivity contribution is 8.00. The van der Waals surface area contributed by atoms with Gasteiger partial charge in [0.25, 0.3) is 0 Å². The summed E-state index contributed by atoms with van der Waals surface area (Å²) in [7, 11) is 0. The molecule has 0 bridgehead atoms. The fraction of sp³-hybridized carbons (Fsp3) is 0.190. The Morgan fingerprint density at radius 2 is 1.97 bits per heavy atom. The van der Waals surface area contributed by atoms with Crippen molar-refractivity contribution in [3.05, 3.63) is 54.1 Å². The van der Waals surface area contributed by atoms with E-state index in [4.69, 9.17) is 5.26 Å². The summed E-state index contributed by atoms with van der Waals surface area (Å²) in [5, 5.41) is 21.4. The van der Waals surface area contributed by atoms with Gasteiger partial charge in [-0.1, -0.05) is 30.0 Å². The van der Waals surface area contributed by atoms with Crippen LogP contribution >= 0.6 is 11.8 Å². The topological polar surface area (TPSA) is 96.5 Å². The molecule has 0 fully saturated rings. The number of nitrogens with zero attached hydrogens (tertiary/aromatic N) is 5. The average molecular weight is 402 g/mol. The Kier molecular flexibility index (Phi) is 5.14. The highest BCUT2D eigenvalue weighted by Gasteiger charge is 2.19. The monoisotopic (exact) mass is 402 g/mol. The normalized spacial score (nSPS) is 12.0. The van der Waals surface area contributed by atoms with Crippen LogP contribution in [0.15, 0.2) is 53.7 Å². The third-order valence-electron chi connectivity index (χ3n) is 4.60. The molecule has 7 nitrogen and oxygen atoms in total. The van der Waals surface area contributed by atoms with Gasteiger partial charge in [-0.2, -0.15) is 5.26 Å². The summed E-state index contributed by atoms with van der Waals surface area (Å²) in [6.07, 6.45) is 0. The Bertz CT molecular complexity index is 1240. The number of benzene rings is 2. The number of aryl methyl sites for hydroxylation is 1. The maximum absolute atomic E-state index is 12.5. The first-order valence-electron chi connectivity index (χ1n) is 9.20. The van der Waals surface area contributed by atoms with Crippen LogP contribution in [0.25, 0.3) is 22.1 Å². The highest BCUT2D eigenvalue weighted by Crippen LogP contribution is 2.28. The maximum Gasteiger partial charge on any atom is 0.237 e. The molecule has 0 aliphatic heterocycles. The molecule has 8 heteroatoms. The van der Waals surface area contributed by atoms with Crippen LogP contribution in [-0.4, -0.2) is 30.9 Å². The van der Waals surface area contributed by atoms with Crippen LogP contribution in [0.3, 0.4) is 0 Å². The first kappa shape index (κ1) is 18.9. The van der Waals surface area contributed by atoms with Crippen LogP contribution in [-0.2, 0) is 11.3 Å². The maximum atomic E-state index is 12.5. The van der Waals surface area contributed by atoms with Gasteiger partial charge in [0.05, 0.1) is 22.4 Å². The van der Waals surface area contributed by atoms with Crippen LogP contribution < -0.4 is 5.32 Å². The van der Waals surface area contributed by atoms with Crippen LogP contribution in [0.4, 0.5) is 5.69 Å². The van der Waals surface area contributed by atoms with Gasteiger partial charge in [-0.05, 0) is 44.2 Å². The molecule has 0 saturated carbocycles. The summed E-state index contributed by atoms with van der Waals surface area (Å²) in [5.41, 5.74) is 3.79. The summed E-state index contributed by atoms with van der Waals surface area (Å²) >= 11 is 1.26. The molecule has 2 aromatic heterocycles. The van der Waals surface area contributed by atoms with Gasteiger partial charge in [-0.15, -0.1) is 10.2 Å². The summed E-state index contributed by atoms with van der Waals surface area (Å²) < 4.78 is 2.10. The van der Waals surface area contributed by atoms with Gasteiger partial charge >= 0.3 is 0 Å². The summed E-state index contributed by atoms with van der Waals surface area (Å²) in [5.74, 6) is -0.167. The minimum absolute atomic E-state index is 0.167. The number of hydrogen-bond acceptors (Lipinski definition) is 6. The Labute approximate surface area is 171 Å². The largest absolute Gasteiger partial charge is 0.325 e. The first-order chi connectivity index (χ1) is 14.1. The van der Waals surface area contributed by atoms with Crippen LogP contribution in [0.2, 0.25) is 0 Å². The van der Waals surface area contributed by atoms with Gasteiger partial charge in [-0.3, -0.25) is 4.79 Å². The van der Waals surface area contributed by atoms with Crippen molar-refractivity contribution < 1.29 is 4.79 Å². The van der Waals surface area contributed by atoms with E-state index >= 15 is 0 Å². The van der Waals surface area contributed by atoms with Gasteiger partial charge in [0.1, 0.15) is 5.52 Å². The van der Waals surface area contributed by atoms with Crippen LogP contribution in [0, 0.1) is 11.3 Å². The highest BCUT2D eigenvalue weighted by atomic mass is 32.2. The lowest BCUT2D eigenvalue weighted by molar-refractivity contribution is -0.115. The zero-order chi connectivity index (χ0) is 20.4. The number of nitrogens with one attached hydrogen (secondary N) is 1. The first-order valence-corrected chi connectivity index (χ1v) is 10.1. The number of aromatic nitrogens is 4. The van der Waals surface area contributed by atoms with E-state index in [-0.39, 0.29) is 5.91 Å². The fourth-order valence-electron chi connectivity index (χ4n) is 3.14. The lowest BCUT2D eigenvalue weighted by Gasteiger charge is -2.11. The molecule has 0 radical (unpaired) electrons. The standard InChI is InChI=1S/C21H18N6OS/c1-3-27-17-7-5-4-6-16(17)18-19(27)24-21(26-25-18)29-13(2)20(28)23-15-10-8-14(12-22)9-11-15/h4-11,13H,3H2,1-2H3,(H,23,28)/t13-/m1/s1. The molecule has 144 valence electrons. The molecule has 4 rings (SSSR count). The quantitative estimate of drug-likeness (QED) is 0.507. The van der Waals surface area contributed by atoms with Gasteiger partial charge in [0, 0.05) is 17.6 Å². The number of anilines is 1. The van der Waals surface area contributed by atoms with E-state index in [9.17, 15) is 4.79 Å². The second-order valence-electron chi connectivity index (χ2n) is 6.47. The van der Waals surface area contributed by atoms with Gasteiger partial charge in [0.15, 0.2) is 5.65 Å². The SMILES string of the molecule is CCn1c2ccccc2c2nnc(S[C@H](C)C(=O)Nc3ccc(C#N)cc3)nc21. The second kappa shape index (κ2) is 7.89. The molecular weight excluding hydrogens is 384 g/mol. The average Bonchev–Trinajstić information content (AvgIpc) is 3.07. The number of carbonyl (C=O) groups is 1. The molecule has 0 saturated heterocycles. The third-order valence-corrected chi connectivity index (χ3v) is 5.56. The Morgan fingerprint density at radius 3 is 2.69 bits per heavy atom. The van der Waals surface area contributed by atoms with Crippen molar-refractivity contribution in [1.29, 1.82) is 5.26 Å². The van der Waals surface area contributed by atoms with Crippen molar-refractivity contribution in [2.75, 3.05) is 5.32 Å². The Balaban J connectivity index is 1.56. The fourth-order valence-corrected chi connectivity index (χ4v) is 3.85. The number of hydrogen-bond donors (Lipinski definition) is 1. The van der Waals surface area contributed by atoms with Crippen molar-refractivity contribution in [2.24, 2.45) is 0 Å². The third kappa shape index (κ3) is 3.65. The smallest absolute Gasteiger partial charge is 0.237 e. The van der Waals surface area contributed by atoms with Gasteiger partial charge < -0.3 is 9.88 Å². The minimum atomic E-state index is -0.413. The summed E-state index contributed by atoms with van der Waals surface area (Å²) in [6, 6.07) is 16.8. The number of para-hydroxylation sites is 1. The van der Waals surface area contributed by atoms with Crippen LogP contribution in [0.1, 0.15) is 19.4 Å². The van der Waals surface area contributed by atoms with Crippen molar-refractivity contribution in [2.45, 2.75) is 30.8 Å². The Morgan fingerprint density at radius 1 is 1.21 bits per heavy atom. The lowest BCUT2D eigenvalue weighted by atomic mass is 10.2. The molecule has 4 aromatic rings. The molecule has 0 unspecified atom stereocenters. The number of rotatable bonds is 5. The number of amides is 1. The zero-order valence-electron chi connectivity index (χ0n) is 16.0. The van der Waals surface area contributed by atoms with Crippen molar-refractivity contribution in [1.82, 2.24) is 19.7 Å². The Hall–Kier alpha value is -3.44. The van der Waals surface area contributed by atoms with E-state index in [1.54, 1.807) is 31.2 Å². The molecule has 1 amide bonds. The van der Waals surface area contributed by atoms with Crippen molar-refractivity contribution in [3.63, 3.8) is 0 Å². The predicted molar refractivity (Wildman–Crippen MR) is 114 cm³/mol.